The lowest BCUT2D eigenvalue weighted by molar-refractivity contribution is 0.272. The van der Waals surface area contributed by atoms with Crippen molar-refractivity contribution >= 4 is 22.9 Å². The van der Waals surface area contributed by atoms with Crippen LogP contribution in [0, 0.1) is 0 Å². The molecular weight excluding hydrogens is 242 g/mol. The van der Waals surface area contributed by atoms with Crippen molar-refractivity contribution in [1.29, 1.82) is 0 Å². The minimum absolute atomic E-state index is 0.613. The number of aromatic nitrogens is 4. The van der Waals surface area contributed by atoms with Crippen molar-refractivity contribution in [2.45, 2.75) is 26.2 Å². The van der Waals surface area contributed by atoms with Gasteiger partial charge in [0.05, 0.1) is 6.33 Å². The summed E-state index contributed by atoms with van der Waals surface area (Å²) in [6, 6.07) is 0. The van der Waals surface area contributed by atoms with Gasteiger partial charge in [-0.3, -0.25) is 0 Å². The van der Waals surface area contributed by atoms with Crippen LogP contribution in [0.5, 0.6) is 0 Å². The molecule has 3 N–H and O–H groups in total. The van der Waals surface area contributed by atoms with Crippen LogP contribution in [0.3, 0.4) is 0 Å². The summed E-state index contributed by atoms with van der Waals surface area (Å²) in [6.07, 6.45) is 5.41. The number of hydrazine groups is 1. The molecule has 0 spiro atoms. The molecule has 7 nitrogen and oxygen atoms in total. The third-order valence-electron chi connectivity index (χ3n) is 3.24. The summed E-state index contributed by atoms with van der Waals surface area (Å²) >= 11 is 0. The average molecular weight is 261 g/mol. The zero-order valence-corrected chi connectivity index (χ0v) is 11.1. The van der Waals surface area contributed by atoms with E-state index in [-0.39, 0.29) is 0 Å². The molecule has 1 aliphatic rings. The Bertz CT molecular complexity index is 544. The van der Waals surface area contributed by atoms with Crippen LogP contribution in [-0.2, 0) is 0 Å². The molecule has 19 heavy (non-hydrogen) atoms. The monoisotopic (exact) mass is 261 g/mol. The van der Waals surface area contributed by atoms with Crippen molar-refractivity contribution in [3.05, 3.63) is 6.33 Å². The van der Waals surface area contributed by atoms with Gasteiger partial charge in [0.2, 0.25) is 5.95 Å². The van der Waals surface area contributed by atoms with Crippen LogP contribution in [-0.4, -0.2) is 44.6 Å². The smallest absolute Gasteiger partial charge is 0.226 e. The van der Waals surface area contributed by atoms with Gasteiger partial charge < -0.3 is 15.7 Å². The number of rotatable bonds is 4. The van der Waals surface area contributed by atoms with Crippen molar-refractivity contribution in [3.8, 4) is 0 Å². The molecule has 3 rings (SSSR count). The van der Waals surface area contributed by atoms with E-state index >= 15 is 0 Å². The molecular formula is C12H19N7. The van der Waals surface area contributed by atoms with Crippen LogP contribution in [0.4, 0.5) is 11.8 Å². The summed E-state index contributed by atoms with van der Waals surface area (Å²) in [6.45, 7) is 4.92. The molecule has 7 heteroatoms. The fraction of sp³-hybridized carbons (Fsp3) is 0.583. The van der Waals surface area contributed by atoms with Crippen LogP contribution in [0.2, 0.25) is 0 Å². The van der Waals surface area contributed by atoms with Crippen molar-refractivity contribution in [1.82, 2.24) is 24.9 Å². The first kappa shape index (κ1) is 12.2. The minimum atomic E-state index is 0.613. The van der Waals surface area contributed by atoms with Gasteiger partial charge in [-0.25, -0.2) is 9.99 Å². The Balaban J connectivity index is 1.88. The number of H-pyrrole nitrogens is 1. The van der Waals surface area contributed by atoms with E-state index in [1.807, 2.05) is 6.92 Å². The predicted octanol–water partition coefficient (Wildman–Crippen LogP) is 1.60. The zero-order chi connectivity index (χ0) is 13.1. The highest BCUT2D eigenvalue weighted by Gasteiger charge is 2.14. The molecule has 2 aromatic heterocycles. The molecule has 0 radical (unpaired) electrons. The third kappa shape index (κ3) is 2.60. The highest BCUT2D eigenvalue weighted by molar-refractivity contribution is 5.83. The van der Waals surface area contributed by atoms with Gasteiger partial charge in [0.1, 0.15) is 5.52 Å². The number of aromatic amines is 1. The van der Waals surface area contributed by atoms with E-state index in [0.717, 1.165) is 31.0 Å². The fourth-order valence-corrected chi connectivity index (χ4v) is 2.31. The number of nitrogens with one attached hydrogen (secondary N) is 3. The number of hydrogen-bond donors (Lipinski definition) is 3. The topological polar surface area (TPSA) is 81.8 Å². The van der Waals surface area contributed by atoms with Crippen LogP contribution in [0.25, 0.3) is 11.2 Å². The van der Waals surface area contributed by atoms with E-state index in [9.17, 15) is 0 Å². The first-order valence-corrected chi connectivity index (χ1v) is 6.83. The second-order valence-electron chi connectivity index (χ2n) is 4.69. The molecule has 0 atom stereocenters. The lowest BCUT2D eigenvalue weighted by Crippen LogP contribution is -2.35. The molecule has 0 bridgehead atoms. The number of hydrogen-bond acceptors (Lipinski definition) is 6. The van der Waals surface area contributed by atoms with E-state index in [2.05, 4.69) is 35.7 Å². The fourth-order valence-electron chi connectivity index (χ4n) is 2.31. The summed E-state index contributed by atoms with van der Waals surface area (Å²) in [4.78, 5) is 16.2. The summed E-state index contributed by atoms with van der Waals surface area (Å²) in [5.74, 6) is 1.40. The van der Waals surface area contributed by atoms with Gasteiger partial charge in [-0.2, -0.15) is 9.97 Å². The predicted molar refractivity (Wildman–Crippen MR) is 74.9 cm³/mol. The summed E-state index contributed by atoms with van der Waals surface area (Å²) in [7, 11) is 0. The van der Waals surface area contributed by atoms with E-state index in [1.165, 1.54) is 19.3 Å². The Morgan fingerprint density at radius 1 is 1.26 bits per heavy atom. The maximum atomic E-state index is 4.51. The first-order chi connectivity index (χ1) is 9.36. The highest BCUT2D eigenvalue weighted by atomic mass is 15.5. The van der Waals surface area contributed by atoms with Crippen molar-refractivity contribution in [2.75, 3.05) is 30.4 Å². The van der Waals surface area contributed by atoms with Gasteiger partial charge in [-0.1, -0.05) is 6.42 Å². The quantitative estimate of drug-likeness (QED) is 0.775. The lowest BCUT2D eigenvalue weighted by atomic mass is 10.2. The van der Waals surface area contributed by atoms with Gasteiger partial charge in [-0.15, -0.1) is 0 Å². The molecule has 1 aliphatic heterocycles. The van der Waals surface area contributed by atoms with Crippen LogP contribution >= 0.6 is 0 Å². The summed E-state index contributed by atoms with van der Waals surface area (Å²) < 4.78 is 0. The molecule has 0 aliphatic carbocycles. The maximum absolute atomic E-state index is 4.51. The molecule has 0 amide bonds. The molecule has 102 valence electrons. The lowest BCUT2D eigenvalue weighted by Gasteiger charge is -2.27. The van der Waals surface area contributed by atoms with Crippen molar-refractivity contribution < 1.29 is 0 Å². The number of anilines is 2. The SMILES string of the molecule is CCNc1nc(NN2CCCCC2)c2[nH]cnc2n1. The summed E-state index contributed by atoms with van der Waals surface area (Å²) in [5.41, 5.74) is 4.92. The highest BCUT2D eigenvalue weighted by Crippen LogP contribution is 2.20. The number of piperidine rings is 1. The Labute approximate surface area is 111 Å². The molecule has 0 unspecified atom stereocenters. The number of fused-ring (bicyclic) bond motifs is 1. The number of imidazole rings is 1. The Morgan fingerprint density at radius 2 is 2.11 bits per heavy atom. The second kappa shape index (κ2) is 5.40. The van der Waals surface area contributed by atoms with Gasteiger partial charge in [-0.05, 0) is 19.8 Å². The molecule has 3 heterocycles. The minimum Gasteiger partial charge on any atom is -0.354 e. The summed E-state index contributed by atoms with van der Waals surface area (Å²) in [5, 5.41) is 5.34. The van der Waals surface area contributed by atoms with E-state index in [1.54, 1.807) is 6.33 Å². The molecule has 1 fully saturated rings. The number of nitrogens with zero attached hydrogens (tertiary/aromatic N) is 4. The normalized spacial score (nSPS) is 16.7. The Morgan fingerprint density at radius 3 is 2.89 bits per heavy atom. The van der Waals surface area contributed by atoms with Gasteiger partial charge >= 0.3 is 0 Å². The van der Waals surface area contributed by atoms with Crippen LogP contribution in [0.15, 0.2) is 6.33 Å². The Hall–Kier alpha value is -1.89. The van der Waals surface area contributed by atoms with Gasteiger partial charge in [0.25, 0.3) is 0 Å². The largest absolute Gasteiger partial charge is 0.354 e. The molecule has 0 saturated carbocycles. The second-order valence-corrected chi connectivity index (χ2v) is 4.69. The van der Waals surface area contributed by atoms with Gasteiger partial charge in [0.15, 0.2) is 11.5 Å². The zero-order valence-electron chi connectivity index (χ0n) is 11.1. The average Bonchev–Trinajstić information content (AvgIpc) is 2.89. The maximum Gasteiger partial charge on any atom is 0.226 e. The third-order valence-corrected chi connectivity index (χ3v) is 3.24. The standard InChI is InChI=1S/C12H19N7/c1-2-13-12-16-10-9(14-8-15-10)11(17-12)18-19-6-4-3-5-7-19/h8H,2-7H2,1H3,(H3,13,14,15,16,17,18). The molecule has 2 aromatic rings. The van der Waals surface area contributed by atoms with E-state index < -0.39 is 0 Å². The van der Waals surface area contributed by atoms with E-state index in [0.29, 0.717) is 11.6 Å². The first-order valence-electron chi connectivity index (χ1n) is 6.83. The molecule has 0 aromatic carbocycles. The van der Waals surface area contributed by atoms with E-state index in [4.69, 9.17) is 0 Å². The molecule has 1 saturated heterocycles. The Kier molecular flexibility index (Phi) is 3.45. The van der Waals surface area contributed by atoms with Crippen molar-refractivity contribution in [3.63, 3.8) is 0 Å². The van der Waals surface area contributed by atoms with Gasteiger partial charge in [0, 0.05) is 19.6 Å². The van der Waals surface area contributed by atoms with Crippen LogP contribution < -0.4 is 10.7 Å². The van der Waals surface area contributed by atoms with Crippen molar-refractivity contribution in [2.24, 2.45) is 0 Å². The van der Waals surface area contributed by atoms with Crippen LogP contribution in [0.1, 0.15) is 26.2 Å².